The van der Waals surface area contributed by atoms with E-state index >= 15 is 0 Å². The average Bonchev–Trinajstić information content (AvgIpc) is 2.47. The number of amides is 1. The Hall–Kier alpha value is -2.36. The van der Waals surface area contributed by atoms with Crippen molar-refractivity contribution in [2.45, 2.75) is 20.4 Å². The van der Waals surface area contributed by atoms with Crippen molar-refractivity contribution in [1.82, 2.24) is 10.3 Å². The van der Waals surface area contributed by atoms with Gasteiger partial charge in [-0.25, -0.2) is 0 Å². The highest BCUT2D eigenvalue weighted by Gasteiger charge is 2.06. The smallest absolute Gasteiger partial charge is 0.251 e. The van der Waals surface area contributed by atoms with E-state index in [1.54, 1.807) is 12.4 Å². The van der Waals surface area contributed by atoms with Gasteiger partial charge in [-0.05, 0) is 49.2 Å². The van der Waals surface area contributed by atoms with Crippen molar-refractivity contribution in [3.63, 3.8) is 0 Å². The van der Waals surface area contributed by atoms with Crippen molar-refractivity contribution in [1.29, 1.82) is 0 Å². The summed E-state index contributed by atoms with van der Waals surface area (Å²) in [5.74, 6) is -0.0422. The first-order valence-electron chi connectivity index (χ1n) is 6.72. The number of rotatable bonds is 5. The largest absolute Gasteiger partial charge is 0.381 e. The summed E-state index contributed by atoms with van der Waals surface area (Å²) in [5, 5.41) is 6.17. The molecule has 0 bridgehead atoms. The SMILES string of the molecule is CCNC(=O)c1ccc(C)c(NCc2ccncc2)c1. The second-order valence-electron chi connectivity index (χ2n) is 4.60. The third kappa shape index (κ3) is 3.57. The predicted octanol–water partition coefficient (Wildman–Crippen LogP) is 2.75. The molecule has 0 aliphatic heterocycles. The molecule has 20 heavy (non-hydrogen) atoms. The molecule has 1 heterocycles. The number of hydrogen-bond donors (Lipinski definition) is 2. The van der Waals surface area contributed by atoms with Gasteiger partial charge in [0.25, 0.3) is 5.91 Å². The van der Waals surface area contributed by atoms with Gasteiger partial charge in [0, 0.05) is 36.7 Å². The summed E-state index contributed by atoms with van der Waals surface area (Å²) in [4.78, 5) is 15.8. The molecule has 0 aliphatic carbocycles. The molecule has 0 saturated carbocycles. The van der Waals surface area contributed by atoms with E-state index < -0.39 is 0 Å². The number of benzene rings is 1. The van der Waals surface area contributed by atoms with E-state index in [-0.39, 0.29) is 5.91 Å². The lowest BCUT2D eigenvalue weighted by Gasteiger charge is -2.11. The summed E-state index contributed by atoms with van der Waals surface area (Å²) in [6, 6.07) is 9.63. The molecule has 1 aromatic carbocycles. The Morgan fingerprint density at radius 2 is 1.95 bits per heavy atom. The number of carbonyl (C=O) groups excluding carboxylic acids is 1. The molecule has 0 radical (unpaired) electrons. The summed E-state index contributed by atoms with van der Waals surface area (Å²) < 4.78 is 0. The van der Waals surface area contributed by atoms with Gasteiger partial charge in [-0.1, -0.05) is 6.07 Å². The molecule has 0 atom stereocenters. The molecule has 0 fully saturated rings. The van der Waals surface area contributed by atoms with E-state index in [0.717, 1.165) is 16.8 Å². The van der Waals surface area contributed by atoms with Crippen molar-refractivity contribution in [2.24, 2.45) is 0 Å². The van der Waals surface area contributed by atoms with Crippen molar-refractivity contribution in [3.8, 4) is 0 Å². The molecule has 4 nitrogen and oxygen atoms in total. The van der Waals surface area contributed by atoms with Crippen LogP contribution in [-0.4, -0.2) is 17.4 Å². The zero-order valence-electron chi connectivity index (χ0n) is 11.8. The Bertz CT molecular complexity index is 582. The van der Waals surface area contributed by atoms with Crippen LogP contribution in [0.4, 0.5) is 5.69 Å². The quantitative estimate of drug-likeness (QED) is 0.877. The Morgan fingerprint density at radius 3 is 2.65 bits per heavy atom. The first-order valence-corrected chi connectivity index (χ1v) is 6.72. The van der Waals surface area contributed by atoms with Crippen LogP contribution in [-0.2, 0) is 6.54 Å². The third-order valence-corrected chi connectivity index (χ3v) is 3.07. The molecule has 104 valence electrons. The molecule has 0 unspecified atom stereocenters. The molecule has 1 amide bonds. The minimum atomic E-state index is -0.0422. The molecule has 0 spiro atoms. The number of nitrogens with one attached hydrogen (secondary N) is 2. The summed E-state index contributed by atoms with van der Waals surface area (Å²) in [6.07, 6.45) is 3.55. The molecular weight excluding hydrogens is 250 g/mol. The van der Waals surface area contributed by atoms with Gasteiger partial charge in [-0.15, -0.1) is 0 Å². The van der Waals surface area contributed by atoms with E-state index in [2.05, 4.69) is 15.6 Å². The maximum Gasteiger partial charge on any atom is 0.251 e. The van der Waals surface area contributed by atoms with Crippen molar-refractivity contribution >= 4 is 11.6 Å². The lowest BCUT2D eigenvalue weighted by atomic mass is 10.1. The fraction of sp³-hybridized carbons (Fsp3) is 0.250. The molecular formula is C16H19N3O. The van der Waals surface area contributed by atoms with E-state index in [1.807, 2.05) is 44.2 Å². The zero-order valence-corrected chi connectivity index (χ0v) is 11.8. The van der Waals surface area contributed by atoms with E-state index in [1.165, 1.54) is 0 Å². The first-order chi connectivity index (χ1) is 9.70. The number of aromatic nitrogens is 1. The van der Waals surface area contributed by atoms with Crippen LogP contribution in [0.15, 0.2) is 42.7 Å². The monoisotopic (exact) mass is 269 g/mol. The van der Waals surface area contributed by atoms with Crippen LogP contribution in [0.2, 0.25) is 0 Å². The Morgan fingerprint density at radius 1 is 1.20 bits per heavy atom. The predicted molar refractivity (Wildman–Crippen MR) is 80.7 cm³/mol. The second-order valence-corrected chi connectivity index (χ2v) is 4.60. The normalized spacial score (nSPS) is 10.1. The fourth-order valence-electron chi connectivity index (χ4n) is 1.91. The number of nitrogens with zero attached hydrogens (tertiary/aromatic N) is 1. The highest BCUT2D eigenvalue weighted by atomic mass is 16.1. The van der Waals surface area contributed by atoms with Gasteiger partial charge in [0.15, 0.2) is 0 Å². The van der Waals surface area contributed by atoms with Crippen LogP contribution in [0, 0.1) is 6.92 Å². The molecule has 2 rings (SSSR count). The van der Waals surface area contributed by atoms with E-state index in [9.17, 15) is 4.79 Å². The fourth-order valence-corrected chi connectivity index (χ4v) is 1.91. The van der Waals surface area contributed by atoms with Gasteiger partial charge in [-0.2, -0.15) is 0 Å². The lowest BCUT2D eigenvalue weighted by Crippen LogP contribution is -2.22. The topological polar surface area (TPSA) is 54.0 Å². The minimum absolute atomic E-state index is 0.0422. The van der Waals surface area contributed by atoms with Crippen LogP contribution in [0.25, 0.3) is 0 Å². The Labute approximate surface area is 119 Å². The highest BCUT2D eigenvalue weighted by Crippen LogP contribution is 2.18. The van der Waals surface area contributed by atoms with Crippen LogP contribution in [0.5, 0.6) is 0 Å². The maximum absolute atomic E-state index is 11.8. The van der Waals surface area contributed by atoms with E-state index in [4.69, 9.17) is 0 Å². The average molecular weight is 269 g/mol. The molecule has 2 N–H and O–H groups in total. The van der Waals surface area contributed by atoms with Crippen LogP contribution in [0.3, 0.4) is 0 Å². The van der Waals surface area contributed by atoms with Crippen LogP contribution < -0.4 is 10.6 Å². The maximum atomic E-state index is 11.8. The summed E-state index contributed by atoms with van der Waals surface area (Å²) >= 11 is 0. The Kier molecular flexibility index (Phi) is 4.71. The molecule has 2 aromatic rings. The summed E-state index contributed by atoms with van der Waals surface area (Å²) in [5.41, 5.74) is 3.93. The van der Waals surface area contributed by atoms with Crippen molar-refractivity contribution in [3.05, 3.63) is 59.4 Å². The van der Waals surface area contributed by atoms with Gasteiger partial charge in [0.2, 0.25) is 0 Å². The molecule has 0 saturated heterocycles. The zero-order chi connectivity index (χ0) is 14.4. The van der Waals surface area contributed by atoms with Crippen LogP contribution >= 0.6 is 0 Å². The first kappa shape index (κ1) is 14.1. The Balaban J connectivity index is 2.10. The minimum Gasteiger partial charge on any atom is -0.381 e. The molecule has 0 aliphatic rings. The molecule has 4 heteroatoms. The van der Waals surface area contributed by atoms with E-state index in [0.29, 0.717) is 18.7 Å². The van der Waals surface area contributed by atoms with Crippen LogP contribution in [0.1, 0.15) is 28.4 Å². The molecule has 1 aromatic heterocycles. The highest BCUT2D eigenvalue weighted by molar-refractivity contribution is 5.95. The number of pyridine rings is 1. The van der Waals surface area contributed by atoms with Crippen molar-refractivity contribution in [2.75, 3.05) is 11.9 Å². The standard InChI is InChI=1S/C16H19N3O/c1-3-18-16(20)14-5-4-12(2)15(10-14)19-11-13-6-8-17-9-7-13/h4-10,19H,3,11H2,1-2H3,(H,18,20). The van der Waals surface area contributed by atoms with Gasteiger partial charge in [0.05, 0.1) is 0 Å². The lowest BCUT2D eigenvalue weighted by molar-refractivity contribution is 0.0956. The van der Waals surface area contributed by atoms with Gasteiger partial charge < -0.3 is 10.6 Å². The van der Waals surface area contributed by atoms with Gasteiger partial charge in [-0.3, -0.25) is 9.78 Å². The third-order valence-electron chi connectivity index (χ3n) is 3.07. The number of carbonyl (C=O) groups is 1. The summed E-state index contributed by atoms with van der Waals surface area (Å²) in [6.45, 7) is 5.28. The summed E-state index contributed by atoms with van der Waals surface area (Å²) in [7, 11) is 0. The van der Waals surface area contributed by atoms with Crippen molar-refractivity contribution < 1.29 is 4.79 Å². The van der Waals surface area contributed by atoms with Gasteiger partial charge in [0.1, 0.15) is 0 Å². The number of aryl methyl sites for hydroxylation is 1. The van der Waals surface area contributed by atoms with Gasteiger partial charge >= 0.3 is 0 Å². The number of hydrogen-bond acceptors (Lipinski definition) is 3. The second kappa shape index (κ2) is 6.70. The number of anilines is 1.